The molecule has 0 radical (unpaired) electrons. The monoisotopic (exact) mass is 323 g/mol. The van der Waals surface area contributed by atoms with E-state index in [4.69, 9.17) is 16.3 Å². The first-order valence-corrected chi connectivity index (χ1v) is 6.94. The molecule has 4 heteroatoms. The summed E-state index contributed by atoms with van der Waals surface area (Å²) in [6, 6.07) is 15.7. The van der Waals surface area contributed by atoms with E-state index in [1.54, 1.807) is 0 Å². The molecule has 0 fully saturated rings. The zero-order valence-electron chi connectivity index (χ0n) is 11.7. The average molecular weight is 324 g/mol. The van der Waals surface area contributed by atoms with Gasteiger partial charge in [0.15, 0.2) is 0 Å². The van der Waals surface area contributed by atoms with Crippen LogP contribution in [0.4, 0.5) is 0 Å². The number of nitrogens with one attached hydrogen (secondary N) is 1. The quantitative estimate of drug-likeness (QED) is 0.593. The summed E-state index contributed by atoms with van der Waals surface area (Å²) in [6.45, 7) is 5.78. The van der Waals surface area contributed by atoms with Crippen molar-refractivity contribution in [3.05, 3.63) is 77.3 Å². The smallest absolute Gasteiger partial charge is 0.124 e. The Morgan fingerprint density at radius 1 is 1.10 bits per heavy atom. The molecular formula is C17H19Cl2NO. The molecule has 0 spiro atoms. The highest BCUT2D eigenvalue weighted by atomic mass is 35.5. The van der Waals surface area contributed by atoms with Crippen LogP contribution in [0.25, 0.3) is 0 Å². The van der Waals surface area contributed by atoms with Gasteiger partial charge in [-0.15, -0.1) is 19.0 Å². The number of hydrogen-bond acceptors (Lipinski definition) is 2. The first-order valence-electron chi connectivity index (χ1n) is 6.56. The van der Waals surface area contributed by atoms with E-state index in [1.807, 2.05) is 48.5 Å². The highest BCUT2D eigenvalue weighted by Gasteiger charge is 2.03. The molecule has 1 N–H and O–H groups in total. The van der Waals surface area contributed by atoms with Crippen molar-refractivity contribution < 1.29 is 4.74 Å². The molecule has 0 bridgehead atoms. The number of ether oxygens (including phenoxy) is 1. The molecule has 0 amide bonds. The van der Waals surface area contributed by atoms with Crippen LogP contribution in [0.1, 0.15) is 11.1 Å². The second-order valence-corrected chi connectivity index (χ2v) is 4.88. The maximum atomic E-state index is 5.88. The van der Waals surface area contributed by atoms with Crippen LogP contribution >= 0.6 is 24.0 Å². The van der Waals surface area contributed by atoms with Gasteiger partial charge in [-0.25, -0.2) is 0 Å². The van der Waals surface area contributed by atoms with Gasteiger partial charge in [0.1, 0.15) is 12.4 Å². The van der Waals surface area contributed by atoms with Crippen LogP contribution in [0.5, 0.6) is 5.75 Å². The molecule has 0 aliphatic rings. The van der Waals surface area contributed by atoms with Crippen molar-refractivity contribution >= 4 is 24.0 Å². The normalized spacial score (nSPS) is 9.76. The molecular weight excluding hydrogens is 305 g/mol. The van der Waals surface area contributed by atoms with Crippen LogP contribution in [-0.4, -0.2) is 6.54 Å². The Bertz CT molecular complexity index is 555. The summed E-state index contributed by atoms with van der Waals surface area (Å²) in [4.78, 5) is 0. The summed E-state index contributed by atoms with van der Waals surface area (Å²) in [5.41, 5.74) is 2.24. The van der Waals surface area contributed by atoms with Crippen molar-refractivity contribution in [3.63, 3.8) is 0 Å². The fourth-order valence-corrected chi connectivity index (χ4v) is 1.97. The lowest BCUT2D eigenvalue weighted by Crippen LogP contribution is -2.13. The molecule has 2 aromatic rings. The SMILES string of the molecule is C=CCNCc1ccccc1OCc1ccc(Cl)cc1.Cl. The third-order valence-electron chi connectivity index (χ3n) is 2.88. The van der Waals surface area contributed by atoms with Crippen molar-refractivity contribution in [3.8, 4) is 5.75 Å². The van der Waals surface area contributed by atoms with Gasteiger partial charge < -0.3 is 10.1 Å². The van der Waals surface area contributed by atoms with Crippen LogP contribution in [0.2, 0.25) is 5.02 Å². The van der Waals surface area contributed by atoms with Crippen molar-refractivity contribution in [1.29, 1.82) is 0 Å². The lowest BCUT2D eigenvalue weighted by Gasteiger charge is -2.12. The van der Waals surface area contributed by atoms with Gasteiger partial charge in [-0.05, 0) is 23.8 Å². The maximum absolute atomic E-state index is 5.88. The van der Waals surface area contributed by atoms with E-state index in [2.05, 4.69) is 18.0 Å². The Balaban J connectivity index is 0.00000220. The van der Waals surface area contributed by atoms with Crippen LogP contribution in [0, 0.1) is 0 Å². The zero-order chi connectivity index (χ0) is 14.2. The zero-order valence-corrected chi connectivity index (χ0v) is 13.3. The van der Waals surface area contributed by atoms with Gasteiger partial charge in [0, 0.05) is 23.7 Å². The molecule has 0 unspecified atom stereocenters. The molecule has 0 aliphatic carbocycles. The van der Waals surface area contributed by atoms with E-state index >= 15 is 0 Å². The number of para-hydroxylation sites is 1. The Kier molecular flexibility index (Phi) is 7.91. The molecule has 0 heterocycles. The number of halogens is 2. The number of rotatable bonds is 7. The summed E-state index contributed by atoms with van der Waals surface area (Å²) >= 11 is 5.87. The molecule has 112 valence electrons. The van der Waals surface area contributed by atoms with Crippen molar-refractivity contribution in [2.24, 2.45) is 0 Å². The topological polar surface area (TPSA) is 21.3 Å². The fraction of sp³-hybridized carbons (Fsp3) is 0.176. The first-order chi connectivity index (χ1) is 9.79. The van der Waals surface area contributed by atoms with Crippen LogP contribution < -0.4 is 10.1 Å². The van der Waals surface area contributed by atoms with Crippen LogP contribution in [0.3, 0.4) is 0 Å². The summed E-state index contributed by atoms with van der Waals surface area (Å²) in [6.07, 6.45) is 1.84. The molecule has 0 aliphatic heterocycles. The number of benzene rings is 2. The molecule has 2 nitrogen and oxygen atoms in total. The molecule has 2 rings (SSSR count). The summed E-state index contributed by atoms with van der Waals surface area (Å²) in [5.74, 6) is 0.902. The van der Waals surface area contributed by atoms with Gasteiger partial charge in [0.05, 0.1) is 0 Å². The first kappa shape index (κ1) is 17.6. The predicted octanol–water partition coefficient (Wildman–Crippen LogP) is 4.62. The molecule has 0 saturated heterocycles. The van der Waals surface area contributed by atoms with Gasteiger partial charge in [0.2, 0.25) is 0 Å². The third-order valence-corrected chi connectivity index (χ3v) is 3.14. The summed E-state index contributed by atoms with van der Waals surface area (Å²) in [5, 5.41) is 4.02. The molecule has 21 heavy (non-hydrogen) atoms. The Labute approximate surface area is 137 Å². The van der Waals surface area contributed by atoms with Crippen molar-refractivity contribution in [1.82, 2.24) is 5.32 Å². The van der Waals surface area contributed by atoms with Gasteiger partial charge in [-0.1, -0.05) is 48.0 Å². The Morgan fingerprint density at radius 3 is 2.52 bits per heavy atom. The van der Waals surface area contributed by atoms with Gasteiger partial charge in [-0.3, -0.25) is 0 Å². The predicted molar refractivity (Wildman–Crippen MR) is 91.4 cm³/mol. The van der Waals surface area contributed by atoms with Crippen molar-refractivity contribution in [2.45, 2.75) is 13.2 Å². The van der Waals surface area contributed by atoms with Gasteiger partial charge >= 0.3 is 0 Å². The Morgan fingerprint density at radius 2 is 1.81 bits per heavy atom. The lowest BCUT2D eigenvalue weighted by atomic mass is 10.2. The minimum Gasteiger partial charge on any atom is -0.489 e. The molecule has 0 atom stereocenters. The van der Waals surface area contributed by atoms with Crippen molar-refractivity contribution in [2.75, 3.05) is 6.54 Å². The van der Waals surface area contributed by atoms with E-state index in [0.717, 1.165) is 35.0 Å². The molecule has 2 aromatic carbocycles. The minimum absolute atomic E-state index is 0. The third kappa shape index (κ3) is 5.80. The summed E-state index contributed by atoms with van der Waals surface area (Å²) < 4.78 is 5.88. The van der Waals surface area contributed by atoms with E-state index in [1.165, 1.54) is 0 Å². The van der Waals surface area contributed by atoms with E-state index < -0.39 is 0 Å². The van der Waals surface area contributed by atoms with Gasteiger partial charge in [0.25, 0.3) is 0 Å². The minimum atomic E-state index is 0. The van der Waals surface area contributed by atoms with Gasteiger partial charge in [-0.2, -0.15) is 0 Å². The fourth-order valence-electron chi connectivity index (χ4n) is 1.84. The molecule has 0 saturated carbocycles. The Hall–Kier alpha value is -1.48. The van der Waals surface area contributed by atoms with Crippen LogP contribution in [-0.2, 0) is 13.2 Å². The van der Waals surface area contributed by atoms with E-state index in [-0.39, 0.29) is 12.4 Å². The highest BCUT2D eigenvalue weighted by Crippen LogP contribution is 2.19. The van der Waals surface area contributed by atoms with E-state index in [9.17, 15) is 0 Å². The molecule has 0 aromatic heterocycles. The second kappa shape index (κ2) is 9.46. The lowest BCUT2D eigenvalue weighted by molar-refractivity contribution is 0.302. The van der Waals surface area contributed by atoms with Crippen LogP contribution in [0.15, 0.2) is 61.2 Å². The van der Waals surface area contributed by atoms with E-state index in [0.29, 0.717) is 6.61 Å². The average Bonchev–Trinajstić information content (AvgIpc) is 2.48. The highest BCUT2D eigenvalue weighted by molar-refractivity contribution is 6.30. The summed E-state index contributed by atoms with van der Waals surface area (Å²) in [7, 11) is 0. The largest absolute Gasteiger partial charge is 0.489 e. The maximum Gasteiger partial charge on any atom is 0.124 e. The second-order valence-electron chi connectivity index (χ2n) is 4.44. The number of hydrogen-bond donors (Lipinski definition) is 1. The standard InChI is InChI=1S/C17H18ClNO.ClH/c1-2-11-19-12-15-5-3-4-6-17(15)20-13-14-7-9-16(18)10-8-14;/h2-10,19H,1,11-13H2;1H.